The first-order chi connectivity index (χ1) is 13.1. The van der Waals surface area contributed by atoms with Gasteiger partial charge in [0.2, 0.25) is 0 Å². The van der Waals surface area contributed by atoms with Gasteiger partial charge in [0, 0.05) is 5.41 Å². The molecule has 0 fully saturated rings. The van der Waals surface area contributed by atoms with Gasteiger partial charge in [-0.05, 0) is 78.8 Å². The Morgan fingerprint density at radius 2 is 1.04 bits per heavy atom. The molecule has 0 unspecified atom stereocenters. The number of hydrogen-bond acceptors (Lipinski definition) is 0. The maximum absolute atomic E-state index is 2.44. The average Bonchev–Trinajstić information content (AvgIpc) is 2.91. The minimum atomic E-state index is 0.0137. The van der Waals surface area contributed by atoms with Crippen molar-refractivity contribution < 1.29 is 0 Å². The summed E-state index contributed by atoms with van der Waals surface area (Å²) in [7, 11) is 0. The lowest BCUT2D eigenvalue weighted by Gasteiger charge is -2.22. The van der Waals surface area contributed by atoms with Gasteiger partial charge in [-0.3, -0.25) is 0 Å². The van der Waals surface area contributed by atoms with E-state index in [1.807, 2.05) is 0 Å². The van der Waals surface area contributed by atoms with Crippen LogP contribution < -0.4 is 0 Å². The van der Waals surface area contributed by atoms with Crippen molar-refractivity contribution in [2.45, 2.75) is 19.3 Å². The molecule has 1 aliphatic rings. The molecule has 0 saturated carbocycles. The highest BCUT2D eigenvalue weighted by Crippen LogP contribution is 2.51. The zero-order valence-corrected chi connectivity index (χ0v) is 15.6. The quantitative estimate of drug-likeness (QED) is 0.256. The minimum Gasteiger partial charge on any atom is -0.0616 e. The molecule has 0 heteroatoms. The van der Waals surface area contributed by atoms with Crippen molar-refractivity contribution in [1.82, 2.24) is 0 Å². The first-order valence-electron chi connectivity index (χ1n) is 9.62. The van der Waals surface area contributed by atoms with Crippen molar-refractivity contribution >= 4 is 32.3 Å². The molecule has 5 aromatic rings. The van der Waals surface area contributed by atoms with Gasteiger partial charge in [0.1, 0.15) is 0 Å². The van der Waals surface area contributed by atoms with Crippen LogP contribution in [-0.2, 0) is 5.41 Å². The second-order valence-corrected chi connectivity index (χ2v) is 8.28. The molecule has 5 aromatic carbocycles. The molecule has 0 atom stereocenters. The highest BCUT2D eigenvalue weighted by Gasteiger charge is 2.36. The predicted molar refractivity (Wildman–Crippen MR) is 117 cm³/mol. The minimum absolute atomic E-state index is 0.0137. The Labute approximate surface area is 159 Å². The Morgan fingerprint density at radius 3 is 1.81 bits per heavy atom. The largest absolute Gasteiger partial charge is 0.0616 e. The van der Waals surface area contributed by atoms with Crippen LogP contribution in [0.4, 0.5) is 0 Å². The number of benzene rings is 5. The molecule has 0 amide bonds. The van der Waals surface area contributed by atoms with Gasteiger partial charge in [-0.15, -0.1) is 0 Å². The molecule has 27 heavy (non-hydrogen) atoms. The van der Waals surface area contributed by atoms with E-state index in [2.05, 4.69) is 98.8 Å². The lowest BCUT2D eigenvalue weighted by atomic mass is 9.81. The Balaban J connectivity index is 1.74. The average molecular weight is 344 g/mol. The predicted octanol–water partition coefficient (Wildman–Crippen LogP) is 7.45. The third kappa shape index (κ3) is 1.93. The third-order valence-electron chi connectivity index (χ3n) is 6.41. The molecule has 0 heterocycles. The molecule has 0 nitrogen and oxygen atoms in total. The Hall–Kier alpha value is -3.12. The molecule has 0 saturated heterocycles. The lowest BCUT2D eigenvalue weighted by molar-refractivity contribution is 0.662. The van der Waals surface area contributed by atoms with Crippen LogP contribution in [0.5, 0.6) is 0 Å². The van der Waals surface area contributed by atoms with Gasteiger partial charge < -0.3 is 0 Å². The van der Waals surface area contributed by atoms with Gasteiger partial charge in [0.05, 0.1) is 0 Å². The fourth-order valence-corrected chi connectivity index (χ4v) is 4.92. The Bertz CT molecular complexity index is 1390. The number of rotatable bonds is 0. The van der Waals surface area contributed by atoms with E-state index in [9.17, 15) is 0 Å². The summed E-state index contributed by atoms with van der Waals surface area (Å²) in [5.74, 6) is 0. The van der Waals surface area contributed by atoms with Crippen molar-refractivity contribution in [2.24, 2.45) is 0 Å². The van der Waals surface area contributed by atoms with E-state index in [0.29, 0.717) is 0 Å². The summed E-state index contributed by atoms with van der Waals surface area (Å²) in [5, 5.41) is 7.98. The fourth-order valence-electron chi connectivity index (χ4n) is 4.92. The molecule has 6 rings (SSSR count). The first-order valence-corrected chi connectivity index (χ1v) is 9.62. The van der Waals surface area contributed by atoms with Crippen molar-refractivity contribution in [3.63, 3.8) is 0 Å². The SMILES string of the molecule is CC1(C)c2cc3ccccc3cc2-c2cc3ccc4ccccc4c3cc21. The fraction of sp³-hybridized carbons (Fsp3) is 0.111. The molecule has 0 aromatic heterocycles. The Kier molecular flexibility index (Phi) is 2.77. The molecule has 128 valence electrons. The summed E-state index contributed by atoms with van der Waals surface area (Å²) in [5.41, 5.74) is 5.68. The topological polar surface area (TPSA) is 0 Å². The van der Waals surface area contributed by atoms with Crippen LogP contribution in [0.3, 0.4) is 0 Å². The molecule has 0 aliphatic heterocycles. The molecule has 0 radical (unpaired) electrons. The van der Waals surface area contributed by atoms with Crippen molar-refractivity contribution in [3.8, 4) is 11.1 Å². The number of hydrogen-bond donors (Lipinski definition) is 0. The van der Waals surface area contributed by atoms with Crippen LogP contribution >= 0.6 is 0 Å². The smallest absolute Gasteiger partial charge is 0.0159 e. The van der Waals surface area contributed by atoms with Gasteiger partial charge in [0.15, 0.2) is 0 Å². The van der Waals surface area contributed by atoms with Gasteiger partial charge >= 0.3 is 0 Å². The summed E-state index contributed by atoms with van der Waals surface area (Å²) in [6, 6.07) is 31.5. The van der Waals surface area contributed by atoms with E-state index in [1.165, 1.54) is 54.6 Å². The summed E-state index contributed by atoms with van der Waals surface area (Å²) in [6.45, 7) is 4.73. The standard InChI is InChI=1S/C27H20/c1-27(2)25-15-19-9-4-3-8-18(19)13-23(25)24-14-20-12-11-17-7-5-6-10-21(17)22(20)16-26(24)27/h3-16H,1-2H3. The second kappa shape index (κ2) is 4.98. The number of fused-ring (bicyclic) bond motifs is 7. The van der Waals surface area contributed by atoms with Gasteiger partial charge in [-0.25, -0.2) is 0 Å². The van der Waals surface area contributed by atoms with E-state index in [1.54, 1.807) is 0 Å². The van der Waals surface area contributed by atoms with Crippen LogP contribution in [0.15, 0.2) is 84.9 Å². The van der Waals surface area contributed by atoms with E-state index in [0.717, 1.165) is 0 Å². The van der Waals surface area contributed by atoms with Crippen LogP contribution in [-0.4, -0.2) is 0 Å². The molecule has 1 aliphatic carbocycles. The van der Waals surface area contributed by atoms with E-state index in [4.69, 9.17) is 0 Å². The van der Waals surface area contributed by atoms with Gasteiger partial charge in [-0.1, -0.05) is 74.5 Å². The summed E-state index contributed by atoms with van der Waals surface area (Å²) < 4.78 is 0. The van der Waals surface area contributed by atoms with Crippen molar-refractivity contribution in [2.75, 3.05) is 0 Å². The Morgan fingerprint density at radius 1 is 0.481 bits per heavy atom. The van der Waals surface area contributed by atoms with E-state index >= 15 is 0 Å². The normalized spacial score (nSPS) is 14.6. The van der Waals surface area contributed by atoms with E-state index < -0.39 is 0 Å². The highest BCUT2D eigenvalue weighted by atomic mass is 14.4. The highest BCUT2D eigenvalue weighted by molar-refractivity contribution is 6.10. The monoisotopic (exact) mass is 344 g/mol. The molecular formula is C27H20. The molecule has 0 spiro atoms. The molecule has 0 N–H and O–H groups in total. The van der Waals surface area contributed by atoms with Crippen molar-refractivity contribution in [1.29, 1.82) is 0 Å². The van der Waals surface area contributed by atoms with Crippen molar-refractivity contribution in [3.05, 3.63) is 96.1 Å². The van der Waals surface area contributed by atoms with Gasteiger partial charge in [-0.2, -0.15) is 0 Å². The van der Waals surface area contributed by atoms with Crippen LogP contribution in [0.25, 0.3) is 43.4 Å². The van der Waals surface area contributed by atoms with Crippen LogP contribution in [0, 0.1) is 0 Å². The molecular weight excluding hydrogens is 324 g/mol. The van der Waals surface area contributed by atoms with Gasteiger partial charge in [0.25, 0.3) is 0 Å². The third-order valence-corrected chi connectivity index (χ3v) is 6.41. The van der Waals surface area contributed by atoms with E-state index in [-0.39, 0.29) is 5.41 Å². The van der Waals surface area contributed by atoms with Crippen LogP contribution in [0.1, 0.15) is 25.0 Å². The summed E-state index contributed by atoms with van der Waals surface area (Å²) in [4.78, 5) is 0. The second-order valence-electron chi connectivity index (χ2n) is 8.28. The summed E-state index contributed by atoms with van der Waals surface area (Å²) in [6.07, 6.45) is 0. The zero-order valence-electron chi connectivity index (χ0n) is 15.6. The molecule has 0 bridgehead atoms. The van der Waals surface area contributed by atoms with Crippen LogP contribution in [0.2, 0.25) is 0 Å². The zero-order chi connectivity index (χ0) is 18.2. The maximum Gasteiger partial charge on any atom is 0.0159 e. The maximum atomic E-state index is 2.44. The summed E-state index contributed by atoms with van der Waals surface area (Å²) >= 11 is 0. The lowest BCUT2D eigenvalue weighted by Crippen LogP contribution is -2.14. The first kappa shape index (κ1) is 15.0.